The standard InChI is InChI=1S/C12H16N2S/c1-3-10-6-4-5-7-11(10)13-12-14(2)8-9-15-12/h4-7H,3,8-9H2,1-2H3. The van der Waals surface area contributed by atoms with Crippen LogP contribution < -0.4 is 0 Å². The van der Waals surface area contributed by atoms with E-state index in [2.05, 4.69) is 43.1 Å². The predicted molar refractivity (Wildman–Crippen MR) is 68.0 cm³/mol. The second-order valence-electron chi connectivity index (χ2n) is 3.65. The van der Waals surface area contributed by atoms with Crippen LogP contribution in [0.2, 0.25) is 0 Å². The van der Waals surface area contributed by atoms with Crippen LogP contribution in [0, 0.1) is 0 Å². The molecular weight excluding hydrogens is 204 g/mol. The molecule has 1 heterocycles. The van der Waals surface area contributed by atoms with E-state index in [1.165, 1.54) is 5.56 Å². The van der Waals surface area contributed by atoms with E-state index in [0.29, 0.717) is 0 Å². The largest absolute Gasteiger partial charge is 0.353 e. The number of rotatable bonds is 2. The van der Waals surface area contributed by atoms with Gasteiger partial charge in [0.2, 0.25) is 0 Å². The molecule has 0 spiro atoms. The summed E-state index contributed by atoms with van der Waals surface area (Å²) in [5.41, 5.74) is 2.45. The number of nitrogens with zero attached hydrogens (tertiary/aromatic N) is 2. The lowest BCUT2D eigenvalue weighted by Crippen LogP contribution is -2.17. The highest BCUT2D eigenvalue weighted by Crippen LogP contribution is 2.24. The van der Waals surface area contributed by atoms with Crippen LogP contribution in [0.4, 0.5) is 5.69 Å². The van der Waals surface area contributed by atoms with E-state index in [0.717, 1.165) is 29.6 Å². The topological polar surface area (TPSA) is 15.6 Å². The van der Waals surface area contributed by atoms with Crippen LogP contribution in [0.3, 0.4) is 0 Å². The Kier molecular flexibility index (Phi) is 3.31. The first-order chi connectivity index (χ1) is 7.31. The monoisotopic (exact) mass is 220 g/mol. The minimum atomic E-state index is 1.04. The van der Waals surface area contributed by atoms with Crippen molar-refractivity contribution in [3.63, 3.8) is 0 Å². The normalized spacial score (nSPS) is 18.8. The maximum Gasteiger partial charge on any atom is 0.164 e. The van der Waals surface area contributed by atoms with Gasteiger partial charge in [-0.05, 0) is 18.1 Å². The number of aryl methyl sites for hydroxylation is 1. The summed E-state index contributed by atoms with van der Waals surface area (Å²) in [7, 11) is 2.10. The molecule has 0 N–H and O–H groups in total. The Hall–Kier alpha value is -0.960. The molecule has 0 saturated carbocycles. The lowest BCUT2D eigenvalue weighted by Gasteiger charge is -2.10. The summed E-state index contributed by atoms with van der Waals surface area (Å²) >= 11 is 1.84. The van der Waals surface area contributed by atoms with Crippen LogP contribution in [0.25, 0.3) is 0 Å². The number of benzene rings is 1. The van der Waals surface area contributed by atoms with E-state index in [9.17, 15) is 0 Å². The van der Waals surface area contributed by atoms with Crippen LogP contribution in [0.1, 0.15) is 12.5 Å². The number of aliphatic imine (C=N–C) groups is 1. The maximum absolute atomic E-state index is 4.72. The molecule has 2 nitrogen and oxygen atoms in total. The second-order valence-corrected chi connectivity index (χ2v) is 4.71. The van der Waals surface area contributed by atoms with Crippen molar-refractivity contribution in [2.75, 3.05) is 19.3 Å². The van der Waals surface area contributed by atoms with Gasteiger partial charge in [0, 0.05) is 19.3 Å². The van der Waals surface area contributed by atoms with Crippen molar-refractivity contribution in [1.29, 1.82) is 0 Å². The summed E-state index contributed by atoms with van der Waals surface area (Å²) in [6, 6.07) is 8.38. The van der Waals surface area contributed by atoms with E-state index in [1.54, 1.807) is 0 Å². The Morgan fingerprint density at radius 3 is 2.87 bits per heavy atom. The van der Waals surface area contributed by atoms with Gasteiger partial charge < -0.3 is 4.90 Å². The van der Waals surface area contributed by atoms with Crippen molar-refractivity contribution in [3.8, 4) is 0 Å². The Bertz CT molecular complexity index is 374. The Labute approximate surface area is 95.4 Å². The van der Waals surface area contributed by atoms with E-state index in [1.807, 2.05) is 11.8 Å². The zero-order valence-corrected chi connectivity index (χ0v) is 10.0. The fourth-order valence-corrected chi connectivity index (χ4v) is 2.64. The number of amidine groups is 1. The Balaban J connectivity index is 2.29. The van der Waals surface area contributed by atoms with Crippen LogP contribution in [-0.4, -0.2) is 29.4 Å². The van der Waals surface area contributed by atoms with Crippen molar-refractivity contribution >= 4 is 22.6 Å². The maximum atomic E-state index is 4.72. The lowest BCUT2D eigenvalue weighted by molar-refractivity contribution is 0.563. The highest BCUT2D eigenvalue weighted by molar-refractivity contribution is 8.14. The highest BCUT2D eigenvalue weighted by atomic mass is 32.2. The average molecular weight is 220 g/mol. The third-order valence-electron chi connectivity index (χ3n) is 2.57. The summed E-state index contributed by atoms with van der Waals surface area (Å²) in [4.78, 5) is 6.93. The molecule has 1 aromatic rings. The molecule has 0 unspecified atom stereocenters. The van der Waals surface area contributed by atoms with Gasteiger partial charge in [0.25, 0.3) is 0 Å². The predicted octanol–water partition coefficient (Wildman–Crippen LogP) is 2.92. The van der Waals surface area contributed by atoms with E-state index >= 15 is 0 Å². The van der Waals surface area contributed by atoms with Gasteiger partial charge in [-0.25, -0.2) is 4.99 Å². The zero-order valence-electron chi connectivity index (χ0n) is 9.23. The molecule has 80 valence electrons. The number of para-hydroxylation sites is 1. The van der Waals surface area contributed by atoms with Gasteiger partial charge in [0.05, 0.1) is 5.69 Å². The van der Waals surface area contributed by atoms with Crippen molar-refractivity contribution in [2.24, 2.45) is 4.99 Å². The molecular formula is C12H16N2S. The average Bonchev–Trinajstić information content (AvgIpc) is 2.65. The molecule has 0 amide bonds. The number of hydrogen-bond donors (Lipinski definition) is 0. The zero-order chi connectivity index (χ0) is 10.7. The molecule has 1 fully saturated rings. The van der Waals surface area contributed by atoms with Crippen molar-refractivity contribution < 1.29 is 0 Å². The second kappa shape index (κ2) is 4.71. The molecule has 0 atom stereocenters. The van der Waals surface area contributed by atoms with Gasteiger partial charge in [-0.15, -0.1) is 0 Å². The quantitative estimate of drug-likeness (QED) is 0.761. The molecule has 3 heteroatoms. The van der Waals surface area contributed by atoms with Gasteiger partial charge in [0.15, 0.2) is 5.17 Å². The van der Waals surface area contributed by atoms with Gasteiger partial charge in [-0.2, -0.15) is 0 Å². The van der Waals surface area contributed by atoms with Crippen LogP contribution in [-0.2, 0) is 6.42 Å². The van der Waals surface area contributed by atoms with Gasteiger partial charge in [0.1, 0.15) is 0 Å². The van der Waals surface area contributed by atoms with Crippen molar-refractivity contribution in [1.82, 2.24) is 4.90 Å². The molecule has 0 aliphatic carbocycles. The van der Waals surface area contributed by atoms with E-state index < -0.39 is 0 Å². The molecule has 15 heavy (non-hydrogen) atoms. The third kappa shape index (κ3) is 2.34. The van der Waals surface area contributed by atoms with Gasteiger partial charge >= 0.3 is 0 Å². The Morgan fingerprint density at radius 1 is 1.40 bits per heavy atom. The van der Waals surface area contributed by atoms with Crippen molar-refractivity contribution in [2.45, 2.75) is 13.3 Å². The minimum absolute atomic E-state index is 1.04. The summed E-state index contributed by atoms with van der Waals surface area (Å²) in [6.45, 7) is 3.28. The van der Waals surface area contributed by atoms with Crippen LogP contribution >= 0.6 is 11.8 Å². The summed E-state index contributed by atoms with van der Waals surface area (Å²) in [6.07, 6.45) is 1.04. The van der Waals surface area contributed by atoms with Crippen molar-refractivity contribution in [3.05, 3.63) is 29.8 Å². The molecule has 1 saturated heterocycles. The molecule has 1 aromatic carbocycles. The first kappa shape index (κ1) is 10.6. The first-order valence-corrected chi connectivity index (χ1v) is 6.30. The van der Waals surface area contributed by atoms with E-state index in [-0.39, 0.29) is 0 Å². The first-order valence-electron chi connectivity index (χ1n) is 5.32. The molecule has 0 bridgehead atoms. The minimum Gasteiger partial charge on any atom is -0.353 e. The molecule has 0 aromatic heterocycles. The van der Waals surface area contributed by atoms with Gasteiger partial charge in [-0.3, -0.25) is 0 Å². The fourth-order valence-electron chi connectivity index (χ4n) is 1.62. The van der Waals surface area contributed by atoms with Crippen LogP contribution in [0.5, 0.6) is 0 Å². The Morgan fingerprint density at radius 2 is 2.20 bits per heavy atom. The van der Waals surface area contributed by atoms with E-state index in [4.69, 9.17) is 4.99 Å². The summed E-state index contributed by atoms with van der Waals surface area (Å²) < 4.78 is 0. The highest BCUT2D eigenvalue weighted by Gasteiger charge is 2.15. The molecule has 1 aliphatic rings. The summed E-state index contributed by atoms with van der Waals surface area (Å²) in [5, 5.41) is 1.15. The molecule has 2 rings (SSSR count). The van der Waals surface area contributed by atoms with Gasteiger partial charge in [-0.1, -0.05) is 36.9 Å². The lowest BCUT2D eigenvalue weighted by atomic mass is 10.1. The summed E-state index contributed by atoms with van der Waals surface area (Å²) in [5.74, 6) is 1.16. The van der Waals surface area contributed by atoms with Crippen LogP contribution in [0.15, 0.2) is 29.3 Å². The number of hydrogen-bond acceptors (Lipinski definition) is 2. The fraction of sp³-hybridized carbons (Fsp3) is 0.417. The third-order valence-corrected chi connectivity index (χ3v) is 3.62. The number of thioether (sulfide) groups is 1. The SMILES string of the molecule is CCc1ccccc1N=C1SCCN1C. The molecule has 0 radical (unpaired) electrons. The molecule has 1 aliphatic heterocycles. The smallest absolute Gasteiger partial charge is 0.164 e.